The number of ether oxygens (including phenoxy) is 1. The normalized spacial score (nSPS) is 15.7. The van der Waals surface area contributed by atoms with Gasteiger partial charge < -0.3 is 9.84 Å². The molecule has 0 aliphatic carbocycles. The number of hydrazone groups is 1. The molecule has 0 spiro atoms. The predicted octanol–water partition coefficient (Wildman–Crippen LogP) is 6.14. The highest BCUT2D eigenvalue weighted by atomic mass is 79.9. The Morgan fingerprint density at radius 3 is 2.57 bits per heavy atom. The maximum atomic E-state index is 13.0. The summed E-state index contributed by atoms with van der Waals surface area (Å²) in [7, 11) is 0. The summed E-state index contributed by atoms with van der Waals surface area (Å²) in [5, 5.41) is 15.2. The van der Waals surface area contributed by atoms with E-state index in [1.165, 1.54) is 18.2 Å². The highest BCUT2D eigenvalue weighted by molar-refractivity contribution is 9.13. The molecule has 1 N–H and O–H groups in total. The molecule has 0 saturated carbocycles. The number of rotatable bonds is 4. The van der Waals surface area contributed by atoms with Gasteiger partial charge in [-0.1, -0.05) is 6.07 Å². The number of anilines is 1. The van der Waals surface area contributed by atoms with Crippen LogP contribution < -0.4 is 9.75 Å². The van der Waals surface area contributed by atoms with Gasteiger partial charge in [-0.2, -0.15) is 23.3 Å². The number of phenols is 1. The fourth-order valence-electron chi connectivity index (χ4n) is 2.81. The van der Waals surface area contributed by atoms with Crippen LogP contribution in [0.3, 0.4) is 0 Å². The van der Waals surface area contributed by atoms with Gasteiger partial charge in [0.05, 0.1) is 33.6 Å². The molecule has 1 aliphatic rings. The maximum absolute atomic E-state index is 13.0. The number of benzene rings is 2. The number of carbonyl (C=O) groups excluding carboxylic acids is 1. The molecule has 30 heavy (non-hydrogen) atoms. The predicted molar refractivity (Wildman–Crippen MR) is 115 cm³/mol. The summed E-state index contributed by atoms with van der Waals surface area (Å²) in [6.07, 6.45) is -3.00. The lowest BCUT2D eigenvalue weighted by atomic mass is 10.1. The molecule has 0 aromatic heterocycles. The smallest absolute Gasteiger partial charge is 0.416 e. The molecule has 5 nitrogen and oxygen atoms in total. The van der Waals surface area contributed by atoms with E-state index in [0.29, 0.717) is 26.8 Å². The van der Waals surface area contributed by atoms with Crippen molar-refractivity contribution in [1.82, 2.24) is 0 Å². The van der Waals surface area contributed by atoms with E-state index in [2.05, 4.69) is 37.0 Å². The fourth-order valence-corrected chi connectivity index (χ4v) is 3.65. The number of amides is 1. The molecule has 10 heteroatoms. The summed E-state index contributed by atoms with van der Waals surface area (Å²) >= 11 is 6.63. The van der Waals surface area contributed by atoms with E-state index < -0.39 is 17.6 Å². The first-order valence-electron chi connectivity index (χ1n) is 8.67. The van der Waals surface area contributed by atoms with Crippen molar-refractivity contribution >= 4 is 55.2 Å². The molecule has 3 rings (SSSR count). The number of nitrogens with zero attached hydrogens (tertiary/aromatic N) is 2. The molecule has 158 valence electrons. The van der Waals surface area contributed by atoms with Crippen molar-refractivity contribution in [2.24, 2.45) is 5.10 Å². The summed E-state index contributed by atoms with van der Waals surface area (Å²) in [5.74, 6) is -0.449. The Bertz CT molecular complexity index is 1080. The van der Waals surface area contributed by atoms with Crippen molar-refractivity contribution < 1.29 is 27.8 Å². The average molecular weight is 548 g/mol. The second kappa shape index (κ2) is 8.43. The van der Waals surface area contributed by atoms with Gasteiger partial charge in [-0.25, -0.2) is 0 Å². The van der Waals surface area contributed by atoms with Crippen LogP contribution in [-0.2, 0) is 11.0 Å². The Hall–Kier alpha value is -2.33. The molecule has 2 aromatic carbocycles. The Morgan fingerprint density at radius 1 is 1.23 bits per heavy atom. The zero-order valence-corrected chi connectivity index (χ0v) is 18.9. The Balaban J connectivity index is 2.02. The second-order valence-electron chi connectivity index (χ2n) is 6.28. The molecule has 0 radical (unpaired) electrons. The van der Waals surface area contributed by atoms with E-state index in [9.17, 15) is 23.1 Å². The molecule has 0 atom stereocenters. The third-order valence-electron chi connectivity index (χ3n) is 4.25. The molecule has 1 aliphatic heterocycles. The van der Waals surface area contributed by atoms with Crippen molar-refractivity contribution in [1.29, 1.82) is 0 Å². The number of alkyl halides is 3. The van der Waals surface area contributed by atoms with Crippen molar-refractivity contribution in [3.05, 3.63) is 56.0 Å². The van der Waals surface area contributed by atoms with Gasteiger partial charge in [0.15, 0.2) is 11.5 Å². The minimum atomic E-state index is -4.53. The molecule has 2 aromatic rings. The van der Waals surface area contributed by atoms with Crippen molar-refractivity contribution in [3.8, 4) is 11.5 Å². The van der Waals surface area contributed by atoms with Gasteiger partial charge in [-0.15, -0.1) is 0 Å². The monoisotopic (exact) mass is 546 g/mol. The fraction of sp³-hybridized carbons (Fsp3) is 0.200. The molecular weight excluding hydrogens is 533 g/mol. The van der Waals surface area contributed by atoms with Gasteiger partial charge in [-0.05, 0) is 81.6 Å². The largest absolute Gasteiger partial charge is 0.503 e. The van der Waals surface area contributed by atoms with Crippen LogP contribution in [0.2, 0.25) is 0 Å². The Kier molecular flexibility index (Phi) is 6.28. The summed E-state index contributed by atoms with van der Waals surface area (Å²) in [4.78, 5) is 12.9. The number of hydrogen-bond donors (Lipinski definition) is 1. The van der Waals surface area contributed by atoms with E-state index in [1.807, 2.05) is 0 Å². The average Bonchev–Trinajstić information content (AvgIpc) is 2.97. The van der Waals surface area contributed by atoms with Crippen LogP contribution in [0.4, 0.5) is 18.9 Å². The summed E-state index contributed by atoms with van der Waals surface area (Å²) in [5.41, 5.74) is 0.203. The molecule has 0 saturated heterocycles. The van der Waals surface area contributed by atoms with Gasteiger partial charge in [0.2, 0.25) is 0 Å². The van der Waals surface area contributed by atoms with Gasteiger partial charge in [0.1, 0.15) is 0 Å². The molecular formula is C20H15Br2F3N2O3. The SMILES string of the molecule is CCOc1cc(/C=C2\C(=O)N(c3cccc(C(F)(F)F)c3)N=C2C)c(Br)c(Br)c1O. The summed E-state index contributed by atoms with van der Waals surface area (Å²) < 4.78 is 45.3. The zero-order chi connectivity index (χ0) is 22.2. The van der Waals surface area contributed by atoms with Crippen LogP contribution in [0.25, 0.3) is 6.08 Å². The standard InChI is InChI=1S/C20H15Br2F3N2O3/c1-3-30-15-8-11(16(21)17(22)18(15)28)7-14-10(2)26-27(19(14)29)13-6-4-5-12(9-13)20(23,24)25/h4-9,28H,3H2,1-2H3/b14-7-. The van der Waals surface area contributed by atoms with E-state index >= 15 is 0 Å². The molecule has 0 fully saturated rings. The summed E-state index contributed by atoms with van der Waals surface area (Å²) in [6.45, 7) is 3.67. The van der Waals surface area contributed by atoms with Crippen LogP contribution >= 0.6 is 31.9 Å². The number of hydrogen-bond acceptors (Lipinski definition) is 4. The van der Waals surface area contributed by atoms with Crippen LogP contribution in [-0.4, -0.2) is 23.3 Å². The third kappa shape index (κ3) is 4.24. The van der Waals surface area contributed by atoms with Crippen molar-refractivity contribution in [2.45, 2.75) is 20.0 Å². The first-order chi connectivity index (χ1) is 14.0. The number of carbonyl (C=O) groups is 1. The highest BCUT2D eigenvalue weighted by Crippen LogP contribution is 2.43. The highest BCUT2D eigenvalue weighted by Gasteiger charge is 2.33. The van der Waals surface area contributed by atoms with Gasteiger partial charge in [0.25, 0.3) is 5.91 Å². The van der Waals surface area contributed by atoms with E-state index in [1.54, 1.807) is 19.9 Å². The van der Waals surface area contributed by atoms with Gasteiger partial charge in [0, 0.05) is 4.47 Å². The van der Waals surface area contributed by atoms with Crippen LogP contribution in [0.5, 0.6) is 11.5 Å². The lowest BCUT2D eigenvalue weighted by molar-refractivity contribution is -0.137. The van der Waals surface area contributed by atoms with Crippen LogP contribution in [0.15, 0.2) is 50.0 Å². The Labute approximate surface area is 187 Å². The third-order valence-corrected chi connectivity index (χ3v) is 6.41. The van der Waals surface area contributed by atoms with Gasteiger partial charge >= 0.3 is 6.18 Å². The van der Waals surface area contributed by atoms with E-state index in [4.69, 9.17) is 4.74 Å². The maximum Gasteiger partial charge on any atom is 0.416 e. The zero-order valence-electron chi connectivity index (χ0n) is 15.7. The van der Waals surface area contributed by atoms with Crippen molar-refractivity contribution in [3.63, 3.8) is 0 Å². The van der Waals surface area contributed by atoms with Gasteiger partial charge in [-0.3, -0.25) is 4.79 Å². The lowest BCUT2D eigenvalue weighted by Gasteiger charge is -2.14. The number of aromatic hydroxyl groups is 1. The first kappa shape index (κ1) is 22.4. The molecule has 0 bridgehead atoms. The Morgan fingerprint density at radius 2 is 1.93 bits per heavy atom. The minimum absolute atomic E-state index is 0.0125. The van der Waals surface area contributed by atoms with Crippen molar-refractivity contribution in [2.75, 3.05) is 11.6 Å². The van der Waals surface area contributed by atoms with Crippen LogP contribution in [0, 0.1) is 0 Å². The first-order valence-corrected chi connectivity index (χ1v) is 10.3. The van der Waals surface area contributed by atoms with E-state index in [-0.39, 0.29) is 22.8 Å². The van der Waals surface area contributed by atoms with Crippen LogP contribution in [0.1, 0.15) is 25.0 Å². The molecule has 1 amide bonds. The quantitative estimate of drug-likeness (QED) is 0.468. The van der Waals surface area contributed by atoms with E-state index in [0.717, 1.165) is 17.1 Å². The minimum Gasteiger partial charge on any atom is -0.503 e. The lowest BCUT2D eigenvalue weighted by Crippen LogP contribution is -2.21. The number of halogens is 5. The topological polar surface area (TPSA) is 62.1 Å². The summed E-state index contributed by atoms with van der Waals surface area (Å²) in [6, 6.07) is 5.96. The molecule has 0 unspecified atom stereocenters. The number of phenolic OH excluding ortho intramolecular Hbond substituents is 1. The molecule has 1 heterocycles. The second-order valence-corrected chi connectivity index (χ2v) is 7.87.